The van der Waals surface area contributed by atoms with Crippen LogP contribution in [0.25, 0.3) is 0 Å². The van der Waals surface area contributed by atoms with Gasteiger partial charge in [0.1, 0.15) is 0 Å². The van der Waals surface area contributed by atoms with Crippen LogP contribution in [0.5, 0.6) is 0 Å². The summed E-state index contributed by atoms with van der Waals surface area (Å²) in [5, 5.41) is 0. The zero-order valence-electron chi connectivity index (χ0n) is 12.2. The van der Waals surface area contributed by atoms with E-state index < -0.39 is 0 Å². The van der Waals surface area contributed by atoms with Crippen molar-refractivity contribution in [3.63, 3.8) is 0 Å². The molecule has 0 bridgehead atoms. The summed E-state index contributed by atoms with van der Waals surface area (Å²) in [6.07, 6.45) is 3.91. The Hall–Kier alpha value is -0.610. The molecule has 0 spiro atoms. The summed E-state index contributed by atoms with van der Waals surface area (Å²) in [5.41, 5.74) is 5.66. The Bertz CT molecular complexity index is 243. The molecular weight excluding hydrogens is 226 g/mol. The van der Waals surface area contributed by atoms with Crippen molar-refractivity contribution in [2.24, 2.45) is 17.6 Å². The largest absolute Gasteiger partial charge is 0.343 e. The van der Waals surface area contributed by atoms with Crippen LogP contribution in [-0.4, -0.2) is 56.0 Å². The molecule has 1 aliphatic heterocycles. The number of amides is 1. The van der Waals surface area contributed by atoms with Crippen LogP contribution in [-0.2, 0) is 4.79 Å². The predicted molar refractivity (Wildman–Crippen MR) is 75.3 cm³/mol. The van der Waals surface area contributed by atoms with E-state index in [4.69, 9.17) is 5.73 Å². The normalized spacial score (nSPS) is 19.3. The Kier molecular flexibility index (Phi) is 6.65. The van der Waals surface area contributed by atoms with Crippen molar-refractivity contribution < 1.29 is 4.79 Å². The third-order valence-electron chi connectivity index (χ3n) is 3.96. The zero-order valence-corrected chi connectivity index (χ0v) is 12.2. The third-order valence-corrected chi connectivity index (χ3v) is 3.96. The lowest BCUT2D eigenvalue weighted by molar-refractivity contribution is -0.133. The molecule has 1 fully saturated rings. The molecule has 106 valence electrons. The van der Waals surface area contributed by atoms with Gasteiger partial charge in [0.15, 0.2) is 0 Å². The summed E-state index contributed by atoms with van der Waals surface area (Å²) < 4.78 is 0. The Labute approximate surface area is 111 Å². The van der Waals surface area contributed by atoms with Crippen molar-refractivity contribution in [1.29, 1.82) is 0 Å². The van der Waals surface area contributed by atoms with E-state index in [9.17, 15) is 4.79 Å². The monoisotopic (exact) mass is 255 g/mol. The van der Waals surface area contributed by atoms with Crippen LogP contribution in [0.15, 0.2) is 0 Å². The molecule has 1 saturated heterocycles. The number of piperidine rings is 1. The van der Waals surface area contributed by atoms with Crippen molar-refractivity contribution in [1.82, 2.24) is 9.80 Å². The van der Waals surface area contributed by atoms with E-state index >= 15 is 0 Å². The van der Waals surface area contributed by atoms with Crippen LogP contribution in [0.3, 0.4) is 0 Å². The molecule has 4 heteroatoms. The van der Waals surface area contributed by atoms with Gasteiger partial charge in [0.25, 0.3) is 0 Å². The Balaban J connectivity index is 2.31. The topological polar surface area (TPSA) is 49.6 Å². The van der Waals surface area contributed by atoms with Gasteiger partial charge < -0.3 is 15.5 Å². The minimum absolute atomic E-state index is 0.301. The number of nitrogens with two attached hydrogens (primary N) is 1. The molecule has 0 aromatic heterocycles. The summed E-state index contributed by atoms with van der Waals surface area (Å²) in [7, 11) is 4.23. The summed E-state index contributed by atoms with van der Waals surface area (Å²) in [5.74, 6) is 1.41. The van der Waals surface area contributed by atoms with Gasteiger partial charge in [0, 0.05) is 26.1 Å². The Morgan fingerprint density at radius 3 is 2.44 bits per heavy atom. The molecule has 1 heterocycles. The van der Waals surface area contributed by atoms with Crippen LogP contribution < -0.4 is 5.73 Å². The molecule has 4 nitrogen and oxygen atoms in total. The predicted octanol–water partition coefficient (Wildman–Crippen LogP) is 1.16. The lowest BCUT2D eigenvalue weighted by Crippen LogP contribution is -2.41. The summed E-state index contributed by atoms with van der Waals surface area (Å²) in [4.78, 5) is 16.4. The maximum absolute atomic E-state index is 12.1. The smallest absolute Gasteiger partial charge is 0.222 e. The second-order valence-corrected chi connectivity index (χ2v) is 5.80. The van der Waals surface area contributed by atoms with Crippen LogP contribution in [0.4, 0.5) is 0 Å². The van der Waals surface area contributed by atoms with Crippen LogP contribution >= 0.6 is 0 Å². The number of nitrogens with zero attached hydrogens (tertiary/aromatic N) is 2. The van der Waals surface area contributed by atoms with E-state index in [1.54, 1.807) is 0 Å². The minimum Gasteiger partial charge on any atom is -0.343 e. The fraction of sp³-hybridized carbons (Fsp3) is 0.929. The van der Waals surface area contributed by atoms with Gasteiger partial charge in [-0.15, -0.1) is 0 Å². The van der Waals surface area contributed by atoms with Gasteiger partial charge >= 0.3 is 0 Å². The molecule has 1 unspecified atom stereocenters. The quantitative estimate of drug-likeness (QED) is 0.775. The van der Waals surface area contributed by atoms with Crippen molar-refractivity contribution >= 4 is 5.91 Å². The second-order valence-electron chi connectivity index (χ2n) is 5.80. The van der Waals surface area contributed by atoms with Gasteiger partial charge in [-0.3, -0.25) is 4.79 Å². The molecule has 0 aromatic carbocycles. The van der Waals surface area contributed by atoms with Crippen LogP contribution in [0.1, 0.15) is 32.6 Å². The van der Waals surface area contributed by atoms with Crippen molar-refractivity contribution in [3.05, 3.63) is 0 Å². The number of hydrogen-bond donors (Lipinski definition) is 1. The SMILES string of the molecule is CCC(CN)CC(=O)N1CCC(CN(C)C)CC1. The highest BCUT2D eigenvalue weighted by molar-refractivity contribution is 5.76. The molecule has 1 atom stereocenters. The van der Waals surface area contributed by atoms with E-state index in [2.05, 4.69) is 25.9 Å². The molecule has 1 amide bonds. The lowest BCUT2D eigenvalue weighted by atomic mass is 9.95. The van der Waals surface area contributed by atoms with Gasteiger partial charge in [-0.05, 0) is 45.3 Å². The highest BCUT2D eigenvalue weighted by Crippen LogP contribution is 2.19. The Morgan fingerprint density at radius 1 is 1.39 bits per heavy atom. The van der Waals surface area contributed by atoms with Gasteiger partial charge in [-0.1, -0.05) is 13.3 Å². The first-order valence-corrected chi connectivity index (χ1v) is 7.19. The van der Waals surface area contributed by atoms with Crippen molar-refractivity contribution in [2.75, 3.05) is 40.3 Å². The van der Waals surface area contributed by atoms with Crippen molar-refractivity contribution in [2.45, 2.75) is 32.6 Å². The number of likely N-dealkylation sites (tertiary alicyclic amines) is 1. The molecule has 18 heavy (non-hydrogen) atoms. The number of hydrogen-bond acceptors (Lipinski definition) is 3. The third kappa shape index (κ3) is 4.94. The minimum atomic E-state index is 0.301. The van der Waals surface area contributed by atoms with Crippen molar-refractivity contribution in [3.8, 4) is 0 Å². The zero-order chi connectivity index (χ0) is 13.5. The molecule has 1 rings (SSSR count). The van der Waals surface area contributed by atoms with Gasteiger partial charge in [-0.2, -0.15) is 0 Å². The van der Waals surface area contributed by atoms with Crippen LogP contribution in [0, 0.1) is 11.8 Å². The van der Waals surface area contributed by atoms with Gasteiger partial charge in [-0.25, -0.2) is 0 Å². The number of carbonyl (C=O) groups is 1. The number of rotatable bonds is 6. The van der Waals surface area contributed by atoms with Crippen LogP contribution in [0.2, 0.25) is 0 Å². The summed E-state index contributed by atoms with van der Waals surface area (Å²) >= 11 is 0. The summed E-state index contributed by atoms with van der Waals surface area (Å²) in [6, 6.07) is 0. The molecule has 0 aliphatic carbocycles. The molecular formula is C14H29N3O. The molecule has 2 N–H and O–H groups in total. The number of carbonyl (C=O) groups excluding carboxylic acids is 1. The first kappa shape index (κ1) is 15.4. The fourth-order valence-corrected chi connectivity index (χ4v) is 2.65. The average molecular weight is 255 g/mol. The first-order valence-electron chi connectivity index (χ1n) is 7.19. The van der Waals surface area contributed by atoms with Gasteiger partial charge in [0.05, 0.1) is 0 Å². The maximum Gasteiger partial charge on any atom is 0.222 e. The van der Waals surface area contributed by atoms with E-state index in [0.29, 0.717) is 24.8 Å². The average Bonchev–Trinajstić information content (AvgIpc) is 2.35. The molecule has 0 aromatic rings. The lowest BCUT2D eigenvalue weighted by Gasteiger charge is -2.34. The molecule has 0 saturated carbocycles. The van der Waals surface area contributed by atoms with E-state index in [0.717, 1.165) is 44.8 Å². The molecule has 0 radical (unpaired) electrons. The standard InChI is InChI=1S/C14H29N3O/c1-4-12(10-15)9-14(18)17-7-5-13(6-8-17)11-16(2)3/h12-13H,4-11,15H2,1-3H3. The van der Waals surface area contributed by atoms with E-state index in [1.807, 2.05) is 4.90 Å². The fourth-order valence-electron chi connectivity index (χ4n) is 2.65. The Morgan fingerprint density at radius 2 is 2.00 bits per heavy atom. The van der Waals surface area contributed by atoms with Gasteiger partial charge in [0.2, 0.25) is 5.91 Å². The highest BCUT2D eigenvalue weighted by Gasteiger charge is 2.24. The molecule has 1 aliphatic rings. The first-order chi connectivity index (χ1) is 8.56. The maximum atomic E-state index is 12.1. The second kappa shape index (κ2) is 7.74. The van der Waals surface area contributed by atoms with E-state index in [1.165, 1.54) is 0 Å². The summed E-state index contributed by atoms with van der Waals surface area (Å²) in [6.45, 7) is 5.73. The highest BCUT2D eigenvalue weighted by atomic mass is 16.2. The van der Waals surface area contributed by atoms with E-state index in [-0.39, 0.29) is 0 Å².